The van der Waals surface area contributed by atoms with E-state index in [9.17, 15) is 14.9 Å². The van der Waals surface area contributed by atoms with Gasteiger partial charge in [0.2, 0.25) is 0 Å². The molecule has 1 aromatic carbocycles. The number of carboxylic acids is 1. The van der Waals surface area contributed by atoms with Crippen LogP contribution in [0.1, 0.15) is 5.56 Å². The molecule has 1 aromatic heterocycles. The number of nitrogens with one attached hydrogen (secondary N) is 1. The summed E-state index contributed by atoms with van der Waals surface area (Å²) in [7, 11) is 0. The molecule has 2 N–H and O–H groups in total. The third kappa shape index (κ3) is 3.12. The number of aromatic amines is 1. The molecule has 20 heavy (non-hydrogen) atoms. The number of nitrogens with zero attached hydrogens (tertiary/aromatic N) is 3. The molecule has 8 nitrogen and oxygen atoms in total. The van der Waals surface area contributed by atoms with Crippen molar-refractivity contribution in [2.45, 2.75) is 12.1 Å². The van der Waals surface area contributed by atoms with Gasteiger partial charge in [-0.2, -0.15) is 0 Å². The molecule has 0 aliphatic heterocycles. The molecule has 0 aliphatic rings. The quantitative estimate of drug-likeness (QED) is 0.490. The van der Waals surface area contributed by atoms with Crippen LogP contribution in [0.2, 0.25) is 0 Å². The largest absolute Gasteiger partial charge is 0.481 e. The highest BCUT2D eigenvalue weighted by atomic mass is 32.2. The number of carbonyl (C=O) groups is 1. The van der Waals surface area contributed by atoms with Crippen LogP contribution < -0.4 is 0 Å². The first kappa shape index (κ1) is 14.0. The van der Waals surface area contributed by atoms with Gasteiger partial charge in [-0.25, -0.2) is 0 Å². The number of carboxylic acid groups (broad SMARTS) is 1. The van der Waals surface area contributed by atoms with Gasteiger partial charge in [-0.15, -0.1) is 10.2 Å². The molecule has 0 saturated carbocycles. The molecule has 0 amide bonds. The molecule has 0 bridgehead atoms. The Bertz CT molecular complexity index is 670. The Hall–Kier alpha value is -2.42. The Morgan fingerprint density at radius 3 is 2.90 bits per heavy atom. The summed E-state index contributed by atoms with van der Waals surface area (Å²) in [6.45, 7) is 1.65. The second-order valence-corrected chi connectivity index (χ2v) is 4.88. The summed E-state index contributed by atoms with van der Waals surface area (Å²) in [5, 5.41) is 27.4. The highest BCUT2D eigenvalue weighted by molar-refractivity contribution is 7.99. The maximum atomic E-state index is 10.9. The van der Waals surface area contributed by atoms with E-state index in [2.05, 4.69) is 15.2 Å². The standard InChI is InChI=1S/C11H10N4O4S/c1-6-2-3-7(4-8(6)15(18)19)10-12-11(14-13-10)20-5-9(16)17/h2-4H,5H2,1H3,(H,16,17)(H,12,13,14). The molecule has 0 fully saturated rings. The van der Waals surface area contributed by atoms with Crippen LogP contribution in [-0.2, 0) is 4.79 Å². The Kier molecular flexibility index (Phi) is 3.99. The van der Waals surface area contributed by atoms with Gasteiger partial charge < -0.3 is 10.1 Å². The Morgan fingerprint density at radius 1 is 1.50 bits per heavy atom. The van der Waals surface area contributed by atoms with E-state index < -0.39 is 10.9 Å². The Labute approximate surface area is 117 Å². The number of aliphatic carboxylic acids is 1. The minimum atomic E-state index is -0.959. The molecular weight excluding hydrogens is 284 g/mol. The summed E-state index contributed by atoms with van der Waals surface area (Å²) in [6, 6.07) is 4.72. The van der Waals surface area contributed by atoms with Crippen molar-refractivity contribution in [3.05, 3.63) is 33.9 Å². The van der Waals surface area contributed by atoms with Crippen LogP contribution in [0, 0.1) is 17.0 Å². The number of nitro groups is 1. The van der Waals surface area contributed by atoms with Crippen LogP contribution >= 0.6 is 11.8 Å². The lowest BCUT2D eigenvalue weighted by Crippen LogP contribution is -1.97. The fourth-order valence-electron chi connectivity index (χ4n) is 1.53. The molecule has 9 heteroatoms. The van der Waals surface area contributed by atoms with E-state index in [1.165, 1.54) is 6.07 Å². The number of thioether (sulfide) groups is 1. The lowest BCUT2D eigenvalue weighted by Gasteiger charge is -1.99. The van der Waals surface area contributed by atoms with Crippen LogP contribution in [0.3, 0.4) is 0 Å². The summed E-state index contributed by atoms with van der Waals surface area (Å²) in [6.07, 6.45) is 0. The van der Waals surface area contributed by atoms with Crippen molar-refractivity contribution in [3.8, 4) is 11.4 Å². The van der Waals surface area contributed by atoms with E-state index in [0.717, 1.165) is 11.8 Å². The lowest BCUT2D eigenvalue weighted by molar-refractivity contribution is -0.385. The number of H-pyrrole nitrogens is 1. The molecule has 1 heterocycles. The number of nitro benzene ring substituents is 1. The first-order chi connectivity index (χ1) is 9.47. The first-order valence-corrected chi connectivity index (χ1v) is 6.48. The molecule has 0 aliphatic carbocycles. The van der Waals surface area contributed by atoms with Gasteiger partial charge in [-0.3, -0.25) is 14.9 Å². The summed E-state index contributed by atoms with van der Waals surface area (Å²) in [4.78, 5) is 23.7. The average Bonchev–Trinajstić information content (AvgIpc) is 2.85. The minimum Gasteiger partial charge on any atom is -0.481 e. The minimum absolute atomic E-state index is 0.00126. The van der Waals surface area contributed by atoms with E-state index in [4.69, 9.17) is 5.11 Å². The average molecular weight is 294 g/mol. The van der Waals surface area contributed by atoms with E-state index in [0.29, 0.717) is 22.1 Å². The normalized spacial score (nSPS) is 10.4. The predicted molar refractivity (Wildman–Crippen MR) is 71.6 cm³/mol. The summed E-state index contributed by atoms with van der Waals surface area (Å²) in [5.74, 6) is -0.734. The number of rotatable bonds is 5. The highest BCUT2D eigenvalue weighted by Gasteiger charge is 2.14. The predicted octanol–water partition coefficient (Wildman–Crippen LogP) is 1.87. The smallest absolute Gasteiger partial charge is 0.313 e. The first-order valence-electron chi connectivity index (χ1n) is 5.50. The van der Waals surface area contributed by atoms with Crippen molar-refractivity contribution >= 4 is 23.4 Å². The Morgan fingerprint density at radius 2 is 2.25 bits per heavy atom. The van der Waals surface area contributed by atoms with Gasteiger partial charge in [0.15, 0.2) is 11.0 Å². The molecule has 2 rings (SSSR count). The van der Waals surface area contributed by atoms with E-state index in [1.807, 2.05) is 0 Å². The number of hydrogen-bond acceptors (Lipinski definition) is 6. The second kappa shape index (κ2) is 5.70. The summed E-state index contributed by atoms with van der Waals surface area (Å²) >= 11 is 0.995. The molecule has 0 saturated heterocycles. The zero-order chi connectivity index (χ0) is 14.7. The van der Waals surface area contributed by atoms with Crippen molar-refractivity contribution in [1.29, 1.82) is 0 Å². The molecular formula is C11H10N4O4S. The van der Waals surface area contributed by atoms with Crippen LogP contribution in [0.4, 0.5) is 5.69 Å². The zero-order valence-corrected chi connectivity index (χ0v) is 11.2. The lowest BCUT2D eigenvalue weighted by atomic mass is 10.1. The van der Waals surface area contributed by atoms with Crippen LogP contribution in [0.15, 0.2) is 23.4 Å². The van der Waals surface area contributed by atoms with Gasteiger partial charge in [0.05, 0.1) is 10.7 Å². The van der Waals surface area contributed by atoms with Gasteiger partial charge in [-0.1, -0.05) is 23.9 Å². The third-order valence-electron chi connectivity index (χ3n) is 2.48. The summed E-state index contributed by atoms with van der Waals surface area (Å²) < 4.78 is 0. The molecule has 2 aromatic rings. The third-order valence-corrected chi connectivity index (χ3v) is 3.33. The number of aryl methyl sites for hydroxylation is 1. The van der Waals surface area contributed by atoms with Crippen LogP contribution in [-0.4, -0.2) is 36.9 Å². The number of benzene rings is 1. The van der Waals surface area contributed by atoms with Crippen LogP contribution in [0.5, 0.6) is 0 Å². The molecule has 0 spiro atoms. The van der Waals surface area contributed by atoms with Gasteiger partial charge in [0, 0.05) is 17.2 Å². The van der Waals surface area contributed by atoms with Gasteiger partial charge in [0.25, 0.3) is 5.69 Å². The SMILES string of the molecule is Cc1ccc(-c2nnc(SCC(=O)O)[nH]2)cc1[N+](=O)[O-]. The number of aromatic nitrogens is 3. The Balaban J connectivity index is 2.26. The fourth-order valence-corrected chi connectivity index (χ4v) is 2.05. The fraction of sp³-hybridized carbons (Fsp3) is 0.182. The molecule has 104 valence electrons. The van der Waals surface area contributed by atoms with E-state index in [1.54, 1.807) is 19.1 Å². The molecule has 0 unspecified atom stereocenters. The molecule has 0 atom stereocenters. The maximum Gasteiger partial charge on any atom is 0.313 e. The monoisotopic (exact) mass is 294 g/mol. The molecule has 0 radical (unpaired) electrons. The van der Waals surface area contributed by atoms with Gasteiger partial charge >= 0.3 is 5.97 Å². The highest BCUT2D eigenvalue weighted by Crippen LogP contribution is 2.25. The van der Waals surface area contributed by atoms with E-state index in [-0.39, 0.29) is 11.4 Å². The summed E-state index contributed by atoms with van der Waals surface area (Å²) in [5.41, 5.74) is 1.08. The van der Waals surface area contributed by atoms with Crippen molar-refractivity contribution < 1.29 is 14.8 Å². The van der Waals surface area contributed by atoms with Crippen molar-refractivity contribution in [3.63, 3.8) is 0 Å². The van der Waals surface area contributed by atoms with E-state index >= 15 is 0 Å². The number of hydrogen-bond donors (Lipinski definition) is 2. The second-order valence-electron chi connectivity index (χ2n) is 3.92. The van der Waals surface area contributed by atoms with Gasteiger partial charge in [-0.05, 0) is 6.92 Å². The van der Waals surface area contributed by atoms with Crippen LogP contribution in [0.25, 0.3) is 11.4 Å². The zero-order valence-electron chi connectivity index (χ0n) is 10.4. The van der Waals surface area contributed by atoms with Gasteiger partial charge in [0.1, 0.15) is 0 Å². The van der Waals surface area contributed by atoms with Crippen molar-refractivity contribution in [2.24, 2.45) is 0 Å². The van der Waals surface area contributed by atoms with Crippen molar-refractivity contribution in [1.82, 2.24) is 15.2 Å². The maximum absolute atomic E-state index is 10.9. The topological polar surface area (TPSA) is 122 Å². The van der Waals surface area contributed by atoms with Crippen molar-refractivity contribution in [2.75, 3.05) is 5.75 Å².